The maximum Gasteiger partial charge on any atom is 0.306 e. The lowest BCUT2D eigenvalue weighted by atomic mass is 10.1. The van der Waals surface area contributed by atoms with Crippen LogP contribution in [0.4, 0.5) is 0 Å². The Hall–Kier alpha value is -5.49. The molecule has 0 spiro atoms. The summed E-state index contributed by atoms with van der Waals surface area (Å²) >= 11 is 0. The Bertz CT molecular complexity index is 1940. The number of hydrogen-bond donors (Lipinski definition) is 0. The number of rotatable bonds is 58. The fraction of sp³-hybridized carbons (Fsp3) is 0.571. The molecule has 0 saturated carbocycles. The van der Waals surface area contributed by atoms with E-state index >= 15 is 0 Å². The lowest BCUT2D eigenvalue weighted by molar-refractivity contribution is -0.167. The van der Waals surface area contributed by atoms with Gasteiger partial charge in [-0.3, -0.25) is 14.4 Å². The maximum absolute atomic E-state index is 12.9. The van der Waals surface area contributed by atoms with Crippen molar-refractivity contribution in [1.82, 2.24) is 0 Å². The van der Waals surface area contributed by atoms with Gasteiger partial charge >= 0.3 is 17.9 Å². The zero-order valence-corrected chi connectivity index (χ0v) is 53.1. The Labute approximate surface area is 510 Å². The van der Waals surface area contributed by atoms with Gasteiger partial charge in [0.25, 0.3) is 0 Å². The molecule has 0 aliphatic rings. The predicted molar refractivity (Wildman–Crippen MR) is 361 cm³/mol. The van der Waals surface area contributed by atoms with Gasteiger partial charge in [-0.1, -0.05) is 274 Å². The summed E-state index contributed by atoms with van der Waals surface area (Å²) in [5.74, 6) is -0.970. The highest BCUT2D eigenvalue weighted by Gasteiger charge is 2.19. The Morgan fingerprint density at radius 1 is 0.253 bits per heavy atom. The Balaban J connectivity index is 4.46. The van der Waals surface area contributed by atoms with Crippen molar-refractivity contribution >= 4 is 17.9 Å². The first-order valence-electron chi connectivity index (χ1n) is 33.3. The normalized spacial score (nSPS) is 13.3. The molecule has 0 amide bonds. The summed E-state index contributed by atoms with van der Waals surface area (Å²) in [5.41, 5.74) is 0. The average Bonchev–Trinajstić information content (AvgIpc) is 3.49. The van der Waals surface area contributed by atoms with Gasteiger partial charge in [0.05, 0.1) is 0 Å². The van der Waals surface area contributed by atoms with Gasteiger partial charge in [0.2, 0.25) is 0 Å². The topological polar surface area (TPSA) is 78.9 Å². The first kappa shape index (κ1) is 77.5. The predicted octanol–water partition coefficient (Wildman–Crippen LogP) is 23.2. The number of carbonyl (C=O) groups excluding carboxylic acids is 3. The first-order chi connectivity index (χ1) is 41.0. The number of carbonyl (C=O) groups is 3. The van der Waals surface area contributed by atoms with Gasteiger partial charge in [-0.05, 0) is 154 Å². The zero-order chi connectivity index (χ0) is 59.9. The fourth-order valence-electron chi connectivity index (χ4n) is 8.46. The smallest absolute Gasteiger partial charge is 0.306 e. The lowest BCUT2D eigenvalue weighted by Crippen LogP contribution is -2.30. The Morgan fingerprint density at radius 2 is 0.470 bits per heavy atom. The highest BCUT2D eigenvalue weighted by Crippen LogP contribution is 2.14. The molecule has 0 saturated heterocycles. The molecule has 0 rings (SSSR count). The van der Waals surface area contributed by atoms with Gasteiger partial charge in [0.15, 0.2) is 6.10 Å². The van der Waals surface area contributed by atoms with E-state index in [1.54, 1.807) is 0 Å². The molecule has 0 N–H and O–H groups in total. The van der Waals surface area contributed by atoms with E-state index in [0.29, 0.717) is 19.3 Å². The summed E-state index contributed by atoms with van der Waals surface area (Å²) in [6, 6.07) is 0. The number of ether oxygens (including phenoxy) is 3. The van der Waals surface area contributed by atoms with Crippen LogP contribution in [0.15, 0.2) is 182 Å². The van der Waals surface area contributed by atoms with Gasteiger partial charge < -0.3 is 14.2 Å². The molecule has 464 valence electrons. The number of hydrogen-bond acceptors (Lipinski definition) is 6. The van der Waals surface area contributed by atoms with Crippen LogP contribution in [-0.2, 0) is 28.6 Å². The fourth-order valence-corrected chi connectivity index (χ4v) is 8.46. The zero-order valence-electron chi connectivity index (χ0n) is 53.1. The summed E-state index contributed by atoms with van der Waals surface area (Å²) in [7, 11) is 0. The summed E-state index contributed by atoms with van der Waals surface area (Å²) in [4.78, 5) is 38.4. The second-order valence-electron chi connectivity index (χ2n) is 21.3. The highest BCUT2D eigenvalue weighted by molar-refractivity contribution is 5.71. The molecule has 83 heavy (non-hydrogen) atoms. The van der Waals surface area contributed by atoms with Crippen molar-refractivity contribution in [3.8, 4) is 0 Å². The minimum Gasteiger partial charge on any atom is -0.462 e. The molecule has 6 nitrogen and oxygen atoms in total. The number of unbranched alkanes of at least 4 members (excludes halogenated alkanes) is 17. The van der Waals surface area contributed by atoms with Crippen LogP contribution >= 0.6 is 0 Å². The molecule has 0 heterocycles. The quantitative estimate of drug-likeness (QED) is 0.0261. The van der Waals surface area contributed by atoms with Gasteiger partial charge in [-0.25, -0.2) is 0 Å². The van der Waals surface area contributed by atoms with E-state index in [0.717, 1.165) is 180 Å². The van der Waals surface area contributed by atoms with Crippen molar-refractivity contribution in [2.24, 2.45) is 0 Å². The van der Waals surface area contributed by atoms with Crippen molar-refractivity contribution in [2.45, 2.75) is 271 Å². The standard InChI is InChI=1S/C77H120O6/c1-4-7-10-13-16-19-22-25-27-29-31-33-35-37-38-40-41-43-45-47-49-52-55-58-61-64-67-70-76(79)82-73-74(72-81-75(78)69-66-63-60-57-54-51-24-21-18-15-12-9-6-3)83-77(80)71-68-65-62-59-56-53-50-48-46-44-42-39-36-34-32-30-28-26-23-20-17-14-11-8-5-2/h7-8,10-12,15-17,19-21,24-28,31-34,37-39,41-43,46,48,53,56,74H,4-6,9,13-14,18,22-23,29-30,35-36,40,44-45,47,49-52,54-55,57-73H2,1-3H3/b10-7-,11-8-,15-12-,19-16-,20-17-,24-21-,27-25-,28-26-,33-31-,34-32-,38-37-,42-39-,43-41-,48-46-,56-53-. The van der Waals surface area contributed by atoms with Gasteiger partial charge in [0, 0.05) is 19.3 Å². The molecule has 0 aromatic heterocycles. The molecule has 1 unspecified atom stereocenters. The molecule has 0 aliphatic heterocycles. The molecule has 1 atom stereocenters. The highest BCUT2D eigenvalue weighted by atomic mass is 16.6. The minimum absolute atomic E-state index is 0.110. The summed E-state index contributed by atoms with van der Waals surface area (Å²) in [6.45, 7) is 6.29. The van der Waals surface area contributed by atoms with Crippen LogP contribution in [-0.4, -0.2) is 37.2 Å². The van der Waals surface area contributed by atoms with Crippen LogP contribution in [0.3, 0.4) is 0 Å². The van der Waals surface area contributed by atoms with Gasteiger partial charge in [-0.2, -0.15) is 0 Å². The summed E-state index contributed by atoms with van der Waals surface area (Å²) in [5, 5.41) is 0. The molecule has 0 bridgehead atoms. The molecular formula is C77H120O6. The Morgan fingerprint density at radius 3 is 0.747 bits per heavy atom. The SMILES string of the molecule is CC/C=C\C/C=C\C/C=C\C/C=C\C/C=C\C/C=C\C/C=C\CCCCCC(=O)OC(COC(=O)CCCCCCC/C=C\C/C=C\CCC)COC(=O)CCCCCCCCCC/C=C\C/C=C\C/C=C\C/C=C\C/C=C\C/C=C\CC. The second kappa shape index (κ2) is 69.0. The van der Waals surface area contributed by atoms with E-state index in [1.807, 2.05) is 0 Å². The van der Waals surface area contributed by atoms with E-state index in [-0.39, 0.29) is 37.5 Å². The average molecular weight is 1140 g/mol. The van der Waals surface area contributed by atoms with Gasteiger partial charge in [0.1, 0.15) is 13.2 Å². The van der Waals surface area contributed by atoms with Crippen molar-refractivity contribution in [3.63, 3.8) is 0 Å². The Kier molecular flexibility index (Phi) is 64.4. The van der Waals surface area contributed by atoms with Crippen molar-refractivity contribution < 1.29 is 28.6 Å². The van der Waals surface area contributed by atoms with E-state index < -0.39 is 6.10 Å². The summed E-state index contributed by atoms with van der Waals surface area (Å²) < 4.78 is 16.9. The third kappa shape index (κ3) is 67.2. The lowest BCUT2D eigenvalue weighted by Gasteiger charge is -2.18. The third-order valence-corrected chi connectivity index (χ3v) is 13.4. The first-order valence-corrected chi connectivity index (χ1v) is 33.3. The van der Waals surface area contributed by atoms with E-state index in [2.05, 4.69) is 203 Å². The van der Waals surface area contributed by atoms with Crippen LogP contribution in [0, 0.1) is 0 Å². The van der Waals surface area contributed by atoms with Crippen molar-refractivity contribution in [3.05, 3.63) is 182 Å². The molecular weight excluding hydrogens is 1020 g/mol. The summed E-state index contributed by atoms with van der Waals surface area (Å²) in [6.07, 6.45) is 103. The van der Waals surface area contributed by atoms with Crippen LogP contribution < -0.4 is 0 Å². The molecule has 0 aliphatic carbocycles. The molecule has 0 radical (unpaired) electrons. The third-order valence-electron chi connectivity index (χ3n) is 13.4. The van der Waals surface area contributed by atoms with Crippen LogP contribution in [0.2, 0.25) is 0 Å². The van der Waals surface area contributed by atoms with E-state index in [4.69, 9.17) is 14.2 Å². The van der Waals surface area contributed by atoms with Crippen molar-refractivity contribution in [1.29, 1.82) is 0 Å². The van der Waals surface area contributed by atoms with Crippen molar-refractivity contribution in [2.75, 3.05) is 13.2 Å². The van der Waals surface area contributed by atoms with Crippen LogP contribution in [0.25, 0.3) is 0 Å². The minimum atomic E-state index is -0.818. The van der Waals surface area contributed by atoms with Gasteiger partial charge in [-0.15, -0.1) is 0 Å². The van der Waals surface area contributed by atoms with E-state index in [9.17, 15) is 14.4 Å². The second-order valence-corrected chi connectivity index (χ2v) is 21.3. The molecule has 0 aromatic carbocycles. The molecule has 0 aromatic rings. The maximum atomic E-state index is 12.9. The molecule has 6 heteroatoms. The molecule has 0 fully saturated rings. The van der Waals surface area contributed by atoms with Crippen LogP contribution in [0.5, 0.6) is 0 Å². The number of esters is 3. The number of allylic oxidation sites excluding steroid dienone is 30. The largest absolute Gasteiger partial charge is 0.462 e. The monoisotopic (exact) mass is 1140 g/mol. The van der Waals surface area contributed by atoms with Crippen LogP contribution in [0.1, 0.15) is 265 Å². The van der Waals surface area contributed by atoms with E-state index in [1.165, 1.54) is 38.5 Å².